The van der Waals surface area contributed by atoms with Crippen LogP contribution >= 0.6 is 0 Å². The summed E-state index contributed by atoms with van der Waals surface area (Å²) in [5.41, 5.74) is 1.52. The zero-order chi connectivity index (χ0) is 13.7. The lowest BCUT2D eigenvalue weighted by Crippen LogP contribution is -2.26. The second-order valence-electron chi connectivity index (χ2n) is 5.31. The Morgan fingerprint density at radius 3 is 2.58 bits per heavy atom. The highest BCUT2D eigenvalue weighted by atomic mass is 16.5. The van der Waals surface area contributed by atoms with Gasteiger partial charge in [-0.05, 0) is 43.7 Å². The quantitative estimate of drug-likeness (QED) is 0.836. The molecule has 104 valence electrons. The Balaban J connectivity index is 2.01. The molecule has 0 aliphatic heterocycles. The van der Waals surface area contributed by atoms with Crippen molar-refractivity contribution in [1.29, 1.82) is 0 Å². The number of anilines is 1. The van der Waals surface area contributed by atoms with Gasteiger partial charge in [-0.25, -0.2) is 4.79 Å². The van der Waals surface area contributed by atoms with E-state index in [0.717, 1.165) is 11.6 Å². The molecule has 1 fully saturated rings. The number of hydrogen-bond acceptors (Lipinski definition) is 3. The number of ether oxygens (including phenoxy) is 1. The summed E-state index contributed by atoms with van der Waals surface area (Å²) >= 11 is 0. The number of carbonyl (C=O) groups excluding carboxylic acids is 1. The van der Waals surface area contributed by atoms with Crippen LogP contribution in [-0.4, -0.2) is 19.1 Å². The van der Waals surface area contributed by atoms with Gasteiger partial charge >= 0.3 is 5.97 Å². The predicted molar refractivity (Wildman–Crippen MR) is 77.4 cm³/mol. The maximum atomic E-state index is 11.7. The van der Waals surface area contributed by atoms with Crippen LogP contribution in [0.2, 0.25) is 0 Å². The van der Waals surface area contributed by atoms with Gasteiger partial charge in [0.05, 0.1) is 12.7 Å². The Hall–Kier alpha value is -1.51. The van der Waals surface area contributed by atoms with Crippen LogP contribution in [0.25, 0.3) is 0 Å². The topological polar surface area (TPSA) is 38.3 Å². The number of para-hydroxylation sites is 1. The fourth-order valence-electron chi connectivity index (χ4n) is 2.83. The first kappa shape index (κ1) is 13.9. The Labute approximate surface area is 115 Å². The van der Waals surface area contributed by atoms with Gasteiger partial charge in [-0.1, -0.05) is 25.5 Å². The largest absolute Gasteiger partial charge is 0.465 e. The lowest BCUT2D eigenvalue weighted by atomic mass is 9.84. The van der Waals surface area contributed by atoms with Crippen molar-refractivity contribution in [3.8, 4) is 0 Å². The van der Waals surface area contributed by atoms with Gasteiger partial charge in [-0.2, -0.15) is 0 Å². The van der Waals surface area contributed by atoms with Crippen LogP contribution in [0.15, 0.2) is 24.3 Å². The third-order valence-electron chi connectivity index (χ3n) is 4.12. The van der Waals surface area contributed by atoms with Crippen molar-refractivity contribution < 1.29 is 9.53 Å². The normalized spacial score (nSPS) is 22.8. The first-order chi connectivity index (χ1) is 9.24. The summed E-state index contributed by atoms with van der Waals surface area (Å²) in [5, 5.41) is 3.51. The SMILES string of the molecule is CCC1CCC(Nc2ccccc2C(=O)OC)CC1. The summed E-state index contributed by atoms with van der Waals surface area (Å²) in [4.78, 5) is 11.7. The zero-order valence-corrected chi connectivity index (χ0v) is 11.8. The summed E-state index contributed by atoms with van der Waals surface area (Å²) in [7, 11) is 1.42. The van der Waals surface area contributed by atoms with Crippen molar-refractivity contribution in [2.45, 2.75) is 45.1 Å². The molecule has 3 nitrogen and oxygen atoms in total. The molecule has 0 bridgehead atoms. The molecule has 0 amide bonds. The highest BCUT2D eigenvalue weighted by molar-refractivity contribution is 5.95. The van der Waals surface area contributed by atoms with Gasteiger partial charge in [0.25, 0.3) is 0 Å². The molecule has 0 unspecified atom stereocenters. The van der Waals surface area contributed by atoms with E-state index >= 15 is 0 Å². The summed E-state index contributed by atoms with van der Waals surface area (Å²) in [6, 6.07) is 8.07. The lowest BCUT2D eigenvalue weighted by molar-refractivity contribution is 0.0601. The molecule has 2 rings (SSSR count). The summed E-state index contributed by atoms with van der Waals surface area (Å²) in [6.45, 7) is 2.27. The Morgan fingerprint density at radius 2 is 1.95 bits per heavy atom. The number of esters is 1. The summed E-state index contributed by atoms with van der Waals surface area (Å²) in [5.74, 6) is 0.610. The molecule has 3 heteroatoms. The molecule has 1 aliphatic rings. The predicted octanol–water partition coefficient (Wildman–Crippen LogP) is 3.85. The summed E-state index contributed by atoms with van der Waals surface area (Å²) < 4.78 is 4.82. The van der Waals surface area contributed by atoms with Gasteiger partial charge in [-0.15, -0.1) is 0 Å². The molecule has 0 heterocycles. The first-order valence-electron chi connectivity index (χ1n) is 7.18. The van der Waals surface area contributed by atoms with Crippen molar-refractivity contribution in [3.63, 3.8) is 0 Å². The van der Waals surface area contributed by atoms with Crippen LogP contribution in [0.1, 0.15) is 49.4 Å². The van der Waals surface area contributed by atoms with Gasteiger partial charge in [-0.3, -0.25) is 0 Å². The second kappa shape index (κ2) is 6.60. The van der Waals surface area contributed by atoms with E-state index < -0.39 is 0 Å². The van der Waals surface area contributed by atoms with Crippen LogP contribution in [-0.2, 0) is 4.74 Å². The van der Waals surface area contributed by atoms with Crippen LogP contribution in [0.5, 0.6) is 0 Å². The maximum Gasteiger partial charge on any atom is 0.339 e. The Kier molecular flexibility index (Phi) is 4.83. The van der Waals surface area contributed by atoms with Crippen LogP contribution in [0, 0.1) is 5.92 Å². The lowest BCUT2D eigenvalue weighted by Gasteiger charge is -2.29. The van der Waals surface area contributed by atoms with Gasteiger partial charge in [0, 0.05) is 11.7 Å². The molecule has 1 aromatic carbocycles. The van der Waals surface area contributed by atoms with Crippen LogP contribution < -0.4 is 5.32 Å². The molecule has 0 saturated heterocycles. The molecule has 0 spiro atoms. The number of benzene rings is 1. The smallest absolute Gasteiger partial charge is 0.339 e. The third kappa shape index (κ3) is 3.49. The van der Waals surface area contributed by atoms with E-state index in [-0.39, 0.29) is 5.97 Å². The molecule has 1 saturated carbocycles. The number of nitrogens with one attached hydrogen (secondary N) is 1. The Morgan fingerprint density at radius 1 is 1.26 bits per heavy atom. The monoisotopic (exact) mass is 261 g/mol. The second-order valence-corrected chi connectivity index (χ2v) is 5.31. The van der Waals surface area contributed by atoms with Crippen molar-refractivity contribution in [1.82, 2.24) is 0 Å². The number of hydrogen-bond donors (Lipinski definition) is 1. The van der Waals surface area contributed by atoms with Crippen molar-refractivity contribution in [2.24, 2.45) is 5.92 Å². The fourth-order valence-corrected chi connectivity index (χ4v) is 2.83. The first-order valence-corrected chi connectivity index (χ1v) is 7.18. The molecule has 1 aliphatic carbocycles. The molecule has 1 N–H and O–H groups in total. The average Bonchev–Trinajstić information content (AvgIpc) is 2.48. The van der Waals surface area contributed by atoms with Gasteiger partial charge in [0.15, 0.2) is 0 Å². The minimum Gasteiger partial charge on any atom is -0.465 e. The van der Waals surface area contributed by atoms with E-state index in [1.54, 1.807) is 0 Å². The van der Waals surface area contributed by atoms with E-state index in [1.165, 1.54) is 39.2 Å². The standard InChI is InChI=1S/C16H23NO2/c1-3-12-8-10-13(11-9-12)17-15-7-5-4-6-14(15)16(18)19-2/h4-7,12-13,17H,3,8-11H2,1-2H3. The molecule has 0 radical (unpaired) electrons. The molecule has 0 aromatic heterocycles. The number of methoxy groups -OCH3 is 1. The third-order valence-corrected chi connectivity index (χ3v) is 4.12. The Bertz CT molecular complexity index is 423. The van der Waals surface area contributed by atoms with Gasteiger partial charge in [0.2, 0.25) is 0 Å². The van der Waals surface area contributed by atoms with E-state index in [0.29, 0.717) is 11.6 Å². The maximum absolute atomic E-state index is 11.7. The fraction of sp³-hybridized carbons (Fsp3) is 0.562. The minimum absolute atomic E-state index is 0.273. The minimum atomic E-state index is -0.273. The van der Waals surface area contributed by atoms with Crippen LogP contribution in [0.4, 0.5) is 5.69 Å². The molecular weight excluding hydrogens is 238 g/mol. The summed E-state index contributed by atoms with van der Waals surface area (Å²) in [6.07, 6.45) is 6.23. The number of rotatable bonds is 4. The van der Waals surface area contributed by atoms with E-state index in [2.05, 4.69) is 12.2 Å². The van der Waals surface area contributed by atoms with Crippen molar-refractivity contribution >= 4 is 11.7 Å². The zero-order valence-electron chi connectivity index (χ0n) is 11.8. The van der Waals surface area contributed by atoms with Crippen LogP contribution in [0.3, 0.4) is 0 Å². The van der Waals surface area contributed by atoms with E-state index in [1.807, 2.05) is 24.3 Å². The van der Waals surface area contributed by atoms with Crippen molar-refractivity contribution in [2.75, 3.05) is 12.4 Å². The molecular formula is C16H23NO2. The van der Waals surface area contributed by atoms with E-state index in [4.69, 9.17) is 4.74 Å². The molecule has 1 aromatic rings. The highest BCUT2D eigenvalue weighted by Gasteiger charge is 2.21. The highest BCUT2D eigenvalue weighted by Crippen LogP contribution is 2.29. The van der Waals surface area contributed by atoms with Crippen molar-refractivity contribution in [3.05, 3.63) is 29.8 Å². The number of carbonyl (C=O) groups is 1. The van der Waals surface area contributed by atoms with Gasteiger partial charge < -0.3 is 10.1 Å². The average molecular weight is 261 g/mol. The molecule has 0 atom stereocenters. The van der Waals surface area contributed by atoms with Gasteiger partial charge in [0.1, 0.15) is 0 Å². The van der Waals surface area contributed by atoms with E-state index in [9.17, 15) is 4.79 Å². The molecule has 19 heavy (non-hydrogen) atoms.